The highest BCUT2D eigenvalue weighted by Gasteiger charge is 2.23. The highest BCUT2D eigenvalue weighted by Crippen LogP contribution is 2.23. The Morgan fingerprint density at radius 2 is 1.94 bits per heavy atom. The zero-order valence-corrected chi connectivity index (χ0v) is 12.2. The van der Waals surface area contributed by atoms with E-state index in [0.717, 1.165) is 25.9 Å². The second-order valence-corrected chi connectivity index (χ2v) is 5.69. The molecule has 3 heteroatoms. The zero-order valence-electron chi connectivity index (χ0n) is 12.2. The Morgan fingerprint density at radius 3 is 2.50 bits per heavy atom. The monoisotopic (exact) mass is 254 g/mol. The lowest BCUT2D eigenvalue weighted by atomic mass is 9.93. The first kappa shape index (κ1) is 15.5. The first-order valence-electron chi connectivity index (χ1n) is 7.68. The van der Waals surface area contributed by atoms with Crippen molar-refractivity contribution in [2.75, 3.05) is 13.1 Å². The summed E-state index contributed by atoms with van der Waals surface area (Å²) in [5.41, 5.74) is 5.54. The summed E-state index contributed by atoms with van der Waals surface area (Å²) in [7, 11) is 0. The quantitative estimate of drug-likeness (QED) is 0.759. The molecule has 0 aromatic carbocycles. The van der Waals surface area contributed by atoms with Crippen LogP contribution >= 0.6 is 0 Å². The maximum atomic E-state index is 12.3. The van der Waals surface area contributed by atoms with Crippen molar-refractivity contribution in [1.82, 2.24) is 4.90 Å². The van der Waals surface area contributed by atoms with Crippen LogP contribution in [0.3, 0.4) is 0 Å². The van der Waals surface area contributed by atoms with Gasteiger partial charge in [-0.05, 0) is 45.1 Å². The first-order valence-corrected chi connectivity index (χ1v) is 7.68. The maximum Gasteiger partial charge on any atom is 0.222 e. The lowest BCUT2D eigenvalue weighted by molar-refractivity contribution is -0.134. The van der Waals surface area contributed by atoms with Gasteiger partial charge in [-0.15, -0.1) is 0 Å². The SMILES string of the molecule is CCN(C(=O)CCC(C)CCN)C1CCCCC1. The average Bonchev–Trinajstić information content (AvgIpc) is 2.39. The fourth-order valence-corrected chi connectivity index (χ4v) is 2.97. The van der Waals surface area contributed by atoms with E-state index in [1.54, 1.807) is 0 Å². The van der Waals surface area contributed by atoms with Crippen molar-refractivity contribution in [1.29, 1.82) is 0 Å². The lowest BCUT2D eigenvalue weighted by Gasteiger charge is -2.34. The van der Waals surface area contributed by atoms with Crippen LogP contribution in [-0.4, -0.2) is 29.9 Å². The molecule has 106 valence electrons. The van der Waals surface area contributed by atoms with Crippen LogP contribution < -0.4 is 5.73 Å². The summed E-state index contributed by atoms with van der Waals surface area (Å²) in [6.07, 6.45) is 9.05. The third-order valence-electron chi connectivity index (χ3n) is 4.19. The number of amides is 1. The van der Waals surface area contributed by atoms with Gasteiger partial charge in [0.05, 0.1) is 0 Å². The zero-order chi connectivity index (χ0) is 13.4. The molecule has 0 aromatic heterocycles. The van der Waals surface area contributed by atoms with Crippen LogP contribution in [0.1, 0.15) is 65.2 Å². The van der Waals surface area contributed by atoms with Gasteiger partial charge in [-0.3, -0.25) is 4.79 Å². The summed E-state index contributed by atoms with van der Waals surface area (Å²) in [5, 5.41) is 0. The van der Waals surface area contributed by atoms with Gasteiger partial charge in [0, 0.05) is 19.0 Å². The topological polar surface area (TPSA) is 46.3 Å². The number of hydrogen-bond donors (Lipinski definition) is 1. The normalized spacial score (nSPS) is 18.6. The molecule has 1 aliphatic carbocycles. The Kier molecular flexibility index (Phi) is 7.33. The smallest absolute Gasteiger partial charge is 0.222 e. The molecule has 0 saturated heterocycles. The standard InChI is InChI=1S/C15H30N2O/c1-3-17(14-7-5-4-6-8-14)15(18)10-9-13(2)11-12-16/h13-14H,3-12,16H2,1-2H3. The van der Waals surface area contributed by atoms with Crippen LogP contribution in [0.25, 0.3) is 0 Å². The van der Waals surface area contributed by atoms with E-state index in [4.69, 9.17) is 5.73 Å². The average molecular weight is 254 g/mol. The summed E-state index contributed by atoms with van der Waals surface area (Å²) in [6.45, 7) is 5.90. The van der Waals surface area contributed by atoms with Gasteiger partial charge < -0.3 is 10.6 Å². The van der Waals surface area contributed by atoms with Crippen molar-refractivity contribution in [3.05, 3.63) is 0 Å². The van der Waals surface area contributed by atoms with Crippen LogP contribution in [0.5, 0.6) is 0 Å². The van der Waals surface area contributed by atoms with Gasteiger partial charge in [0.25, 0.3) is 0 Å². The Bertz CT molecular complexity index is 237. The molecule has 18 heavy (non-hydrogen) atoms. The molecule has 2 N–H and O–H groups in total. The number of hydrogen-bond acceptors (Lipinski definition) is 2. The van der Waals surface area contributed by atoms with Crippen LogP contribution in [0.4, 0.5) is 0 Å². The summed E-state index contributed by atoms with van der Waals surface area (Å²) in [6, 6.07) is 0.515. The van der Waals surface area contributed by atoms with Crippen molar-refractivity contribution in [2.24, 2.45) is 11.7 Å². The van der Waals surface area contributed by atoms with E-state index < -0.39 is 0 Å². The largest absolute Gasteiger partial charge is 0.340 e. The van der Waals surface area contributed by atoms with E-state index in [2.05, 4.69) is 18.7 Å². The van der Waals surface area contributed by atoms with Crippen molar-refractivity contribution >= 4 is 5.91 Å². The summed E-state index contributed by atoms with van der Waals surface area (Å²) in [4.78, 5) is 14.4. The summed E-state index contributed by atoms with van der Waals surface area (Å²) < 4.78 is 0. The number of carbonyl (C=O) groups is 1. The number of nitrogens with two attached hydrogens (primary N) is 1. The Hall–Kier alpha value is -0.570. The number of rotatable bonds is 7. The molecule has 0 heterocycles. The van der Waals surface area contributed by atoms with Crippen molar-refractivity contribution < 1.29 is 4.79 Å². The molecule has 3 nitrogen and oxygen atoms in total. The highest BCUT2D eigenvalue weighted by atomic mass is 16.2. The van der Waals surface area contributed by atoms with Crippen LogP contribution in [-0.2, 0) is 4.79 Å². The molecule has 0 bridgehead atoms. The van der Waals surface area contributed by atoms with E-state index in [9.17, 15) is 4.79 Å². The van der Waals surface area contributed by atoms with Gasteiger partial charge in [-0.2, -0.15) is 0 Å². The molecule has 1 rings (SSSR count). The molecule has 0 aliphatic heterocycles. The van der Waals surface area contributed by atoms with Crippen molar-refractivity contribution in [3.8, 4) is 0 Å². The first-order chi connectivity index (χ1) is 8.69. The van der Waals surface area contributed by atoms with Gasteiger partial charge in [0.1, 0.15) is 0 Å². The number of nitrogens with zero attached hydrogens (tertiary/aromatic N) is 1. The molecule has 1 atom stereocenters. The van der Waals surface area contributed by atoms with E-state index >= 15 is 0 Å². The predicted octanol–water partition coefficient (Wildman–Crippen LogP) is 2.93. The molecule has 0 spiro atoms. The predicted molar refractivity (Wildman–Crippen MR) is 76.3 cm³/mol. The molecular formula is C15H30N2O. The summed E-state index contributed by atoms with van der Waals surface area (Å²) in [5.74, 6) is 0.928. The molecule has 0 radical (unpaired) electrons. The fourth-order valence-electron chi connectivity index (χ4n) is 2.97. The van der Waals surface area contributed by atoms with Crippen molar-refractivity contribution in [3.63, 3.8) is 0 Å². The fraction of sp³-hybridized carbons (Fsp3) is 0.933. The van der Waals surface area contributed by atoms with Gasteiger partial charge >= 0.3 is 0 Å². The lowest BCUT2D eigenvalue weighted by Crippen LogP contribution is -2.41. The van der Waals surface area contributed by atoms with E-state index in [-0.39, 0.29) is 0 Å². The number of carbonyl (C=O) groups excluding carboxylic acids is 1. The second-order valence-electron chi connectivity index (χ2n) is 5.69. The Balaban J connectivity index is 2.36. The third-order valence-corrected chi connectivity index (χ3v) is 4.19. The molecule has 1 aliphatic rings. The second kappa shape index (κ2) is 8.52. The van der Waals surface area contributed by atoms with Gasteiger partial charge in [0.15, 0.2) is 0 Å². The minimum absolute atomic E-state index is 0.355. The van der Waals surface area contributed by atoms with Gasteiger partial charge in [0.2, 0.25) is 5.91 Å². The van der Waals surface area contributed by atoms with Crippen molar-refractivity contribution in [2.45, 2.75) is 71.3 Å². The van der Waals surface area contributed by atoms with E-state index in [0.29, 0.717) is 24.3 Å². The van der Waals surface area contributed by atoms with Crippen LogP contribution in [0.15, 0.2) is 0 Å². The minimum Gasteiger partial charge on any atom is -0.340 e. The van der Waals surface area contributed by atoms with Gasteiger partial charge in [-0.1, -0.05) is 26.2 Å². The highest BCUT2D eigenvalue weighted by molar-refractivity contribution is 5.76. The Morgan fingerprint density at radius 1 is 1.28 bits per heavy atom. The van der Waals surface area contributed by atoms with Gasteiger partial charge in [-0.25, -0.2) is 0 Å². The Labute approximate surface area is 112 Å². The molecule has 1 fully saturated rings. The molecular weight excluding hydrogens is 224 g/mol. The molecule has 1 saturated carbocycles. The third kappa shape index (κ3) is 4.97. The van der Waals surface area contributed by atoms with Crippen LogP contribution in [0, 0.1) is 5.92 Å². The van der Waals surface area contributed by atoms with Crippen LogP contribution in [0.2, 0.25) is 0 Å². The molecule has 1 unspecified atom stereocenters. The van der Waals surface area contributed by atoms with E-state index in [1.807, 2.05) is 0 Å². The summed E-state index contributed by atoms with van der Waals surface area (Å²) >= 11 is 0. The van der Waals surface area contributed by atoms with E-state index in [1.165, 1.54) is 32.1 Å². The maximum absolute atomic E-state index is 12.3. The molecule has 0 aromatic rings. The minimum atomic E-state index is 0.355. The molecule has 1 amide bonds.